The standard InChI is InChI=1S/C43H61NO4/c1-17-48-39(45)36-35(27-20-18-26(2)19-21-27)44(36)34(28-22-30(40(3,4)5)37(46-15)31(23-28)41(6,7)8)29-24-32(42(9,10)11)38(47-16)33(25-29)43(12,13)14/h18-25,34-36H,17H2,1-16H3/t35-,36-,44?/m1/s1. The van der Waals surface area contributed by atoms with Gasteiger partial charge < -0.3 is 14.2 Å². The highest BCUT2D eigenvalue weighted by molar-refractivity contribution is 5.81. The number of hydrogen-bond donors (Lipinski definition) is 0. The number of rotatable bonds is 8. The molecule has 3 aromatic rings. The molecule has 1 unspecified atom stereocenters. The van der Waals surface area contributed by atoms with Gasteiger partial charge in [0, 0.05) is 22.3 Å². The predicted molar refractivity (Wildman–Crippen MR) is 199 cm³/mol. The number of nitrogens with zero attached hydrogens (tertiary/aromatic N) is 1. The molecule has 1 fully saturated rings. The van der Waals surface area contributed by atoms with Crippen molar-refractivity contribution in [2.75, 3.05) is 20.8 Å². The van der Waals surface area contributed by atoms with Crippen molar-refractivity contribution in [2.24, 2.45) is 0 Å². The SMILES string of the molecule is CCOC(=O)[C@H]1[C@@H](c2ccc(C)cc2)N1C(c1cc(C(C)(C)C)c(OC)c(C(C)(C)C)c1)c1cc(C(C)(C)C)c(OC)c(C(C)(C)C)c1. The Morgan fingerprint density at radius 3 is 1.31 bits per heavy atom. The van der Waals surface area contributed by atoms with Crippen LogP contribution in [0.25, 0.3) is 0 Å². The fourth-order valence-electron chi connectivity index (χ4n) is 6.99. The van der Waals surface area contributed by atoms with E-state index in [1.54, 1.807) is 14.2 Å². The van der Waals surface area contributed by atoms with Gasteiger partial charge in [0.15, 0.2) is 0 Å². The summed E-state index contributed by atoms with van der Waals surface area (Å²) in [5.41, 5.74) is 8.45. The minimum absolute atomic E-state index is 0.133. The molecule has 1 saturated heterocycles. The summed E-state index contributed by atoms with van der Waals surface area (Å²) in [5.74, 6) is 1.68. The molecule has 0 aromatic heterocycles. The number of benzene rings is 3. The van der Waals surface area contributed by atoms with E-state index in [1.807, 2.05) is 6.92 Å². The van der Waals surface area contributed by atoms with Crippen molar-refractivity contribution in [3.05, 3.63) is 93.0 Å². The average molecular weight is 656 g/mol. The van der Waals surface area contributed by atoms with Crippen molar-refractivity contribution in [1.82, 2.24) is 4.90 Å². The van der Waals surface area contributed by atoms with Crippen LogP contribution in [0.5, 0.6) is 11.5 Å². The number of ether oxygens (including phenoxy) is 3. The van der Waals surface area contributed by atoms with Crippen LogP contribution in [0.3, 0.4) is 0 Å². The molecule has 3 atom stereocenters. The third kappa shape index (κ3) is 7.47. The lowest BCUT2D eigenvalue weighted by atomic mass is 9.75. The Bertz CT molecular complexity index is 1470. The van der Waals surface area contributed by atoms with Crippen LogP contribution in [-0.2, 0) is 31.2 Å². The highest BCUT2D eigenvalue weighted by Gasteiger charge is 2.58. The van der Waals surface area contributed by atoms with E-state index in [4.69, 9.17) is 14.2 Å². The zero-order valence-corrected chi connectivity index (χ0v) is 32.6. The molecule has 1 heterocycles. The predicted octanol–water partition coefficient (Wildman–Crippen LogP) is 10.3. The topological polar surface area (TPSA) is 47.8 Å². The highest BCUT2D eigenvalue weighted by Crippen LogP contribution is 2.55. The van der Waals surface area contributed by atoms with Crippen molar-refractivity contribution in [1.29, 1.82) is 0 Å². The normalized spacial score (nSPS) is 18.6. The van der Waals surface area contributed by atoms with Gasteiger partial charge in [-0.2, -0.15) is 0 Å². The van der Waals surface area contributed by atoms with Crippen LogP contribution in [0.4, 0.5) is 0 Å². The molecular formula is C43H61NO4. The molecule has 0 radical (unpaired) electrons. The summed E-state index contributed by atoms with van der Waals surface area (Å²) in [7, 11) is 3.56. The first-order valence-electron chi connectivity index (χ1n) is 17.5. The highest BCUT2D eigenvalue weighted by atomic mass is 16.5. The van der Waals surface area contributed by atoms with E-state index in [1.165, 1.54) is 5.56 Å². The van der Waals surface area contributed by atoms with Crippen molar-refractivity contribution in [3.8, 4) is 11.5 Å². The lowest BCUT2D eigenvalue weighted by Gasteiger charge is -2.34. The summed E-state index contributed by atoms with van der Waals surface area (Å²) in [6, 6.07) is 17.1. The second-order valence-electron chi connectivity index (χ2n) is 17.7. The van der Waals surface area contributed by atoms with Crippen LogP contribution in [0, 0.1) is 6.92 Å². The van der Waals surface area contributed by atoms with E-state index in [-0.39, 0.29) is 39.7 Å². The fourth-order valence-corrected chi connectivity index (χ4v) is 6.99. The largest absolute Gasteiger partial charge is 0.496 e. The molecule has 0 spiro atoms. The molecule has 5 heteroatoms. The molecule has 0 aliphatic carbocycles. The van der Waals surface area contributed by atoms with Crippen molar-refractivity contribution in [2.45, 2.75) is 137 Å². The van der Waals surface area contributed by atoms with Crippen LogP contribution in [0.1, 0.15) is 147 Å². The van der Waals surface area contributed by atoms with E-state index in [0.29, 0.717) is 6.61 Å². The molecule has 0 amide bonds. The molecule has 262 valence electrons. The van der Waals surface area contributed by atoms with Gasteiger partial charge in [0.1, 0.15) is 17.5 Å². The molecule has 0 saturated carbocycles. The Morgan fingerprint density at radius 1 is 0.667 bits per heavy atom. The number of methoxy groups -OCH3 is 2. The van der Waals surface area contributed by atoms with Crippen LogP contribution in [-0.4, -0.2) is 37.7 Å². The molecule has 0 bridgehead atoms. The summed E-state index contributed by atoms with van der Waals surface area (Å²) in [6.07, 6.45) is 0. The minimum atomic E-state index is -0.422. The monoisotopic (exact) mass is 655 g/mol. The molecule has 0 N–H and O–H groups in total. The molecule has 1 aliphatic rings. The van der Waals surface area contributed by atoms with Crippen LogP contribution in [0.2, 0.25) is 0 Å². The summed E-state index contributed by atoms with van der Waals surface area (Å²) < 4.78 is 18.1. The Labute approximate surface area is 291 Å². The summed E-state index contributed by atoms with van der Waals surface area (Å²) in [4.78, 5) is 16.2. The van der Waals surface area contributed by atoms with E-state index in [0.717, 1.165) is 50.4 Å². The van der Waals surface area contributed by atoms with Crippen LogP contribution >= 0.6 is 0 Å². The Kier molecular flexibility index (Phi) is 10.3. The first kappa shape index (κ1) is 37.5. The number of esters is 1. The molecule has 1 aliphatic heterocycles. The molecule has 3 aromatic carbocycles. The fraction of sp³-hybridized carbons (Fsp3) is 0.558. The van der Waals surface area contributed by atoms with Gasteiger partial charge in [0.2, 0.25) is 0 Å². The molecule has 5 nitrogen and oxygen atoms in total. The van der Waals surface area contributed by atoms with E-state index in [2.05, 4.69) is 143 Å². The van der Waals surface area contributed by atoms with Crippen molar-refractivity contribution in [3.63, 3.8) is 0 Å². The second kappa shape index (κ2) is 13.2. The average Bonchev–Trinajstić information content (AvgIpc) is 3.70. The number of carbonyl (C=O) groups excluding carboxylic acids is 1. The number of aryl methyl sites for hydroxylation is 1. The van der Waals surface area contributed by atoms with Crippen molar-refractivity contribution < 1.29 is 19.0 Å². The maximum atomic E-state index is 13.8. The van der Waals surface area contributed by atoms with Crippen LogP contribution in [0.15, 0.2) is 48.5 Å². The smallest absolute Gasteiger partial charge is 0.325 e. The van der Waals surface area contributed by atoms with Gasteiger partial charge in [-0.25, -0.2) is 0 Å². The van der Waals surface area contributed by atoms with E-state index in [9.17, 15) is 4.79 Å². The summed E-state index contributed by atoms with van der Waals surface area (Å²) in [5, 5.41) is 0. The zero-order chi connectivity index (χ0) is 36.1. The van der Waals surface area contributed by atoms with E-state index < -0.39 is 6.04 Å². The molecule has 48 heavy (non-hydrogen) atoms. The molecule has 4 rings (SSSR count). The zero-order valence-electron chi connectivity index (χ0n) is 32.6. The maximum absolute atomic E-state index is 13.8. The maximum Gasteiger partial charge on any atom is 0.325 e. The lowest BCUT2D eigenvalue weighted by Crippen LogP contribution is -2.25. The Morgan fingerprint density at radius 2 is 1.02 bits per heavy atom. The lowest BCUT2D eigenvalue weighted by molar-refractivity contribution is -0.143. The van der Waals surface area contributed by atoms with Gasteiger partial charge in [-0.05, 0) is 76.5 Å². The quantitative estimate of drug-likeness (QED) is 0.179. The van der Waals surface area contributed by atoms with Crippen molar-refractivity contribution >= 4 is 5.97 Å². The van der Waals surface area contributed by atoms with Gasteiger partial charge in [-0.15, -0.1) is 0 Å². The van der Waals surface area contributed by atoms with Gasteiger partial charge in [0.05, 0.1) is 32.9 Å². The number of hydrogen-bond acceptors (Lipinski definition) is 5. The summed E-state index contributed by atoms with van der Waals surface area (Å²) >= 11 is 0. The Balaban J connectivity index is 2.17. The summed E-state index contributed by atoms with van der Waals surface area (Å²) in [6.45, 7) is 31.2. The number of carbonyl (C=O) groups is 1. The minimum Gasteiger partial charge on any atom is -0.496 e. The third-order valence-electron chi connectivity index (χ3n) is 9.59. The third-order valence-corrected chi connectivity index (χ3v) is 9.59. The first-order valence-corrected chi connectivity index (χ1v) is 17.5. The van der Waals surface area contributed by atoms with E-state index >= 15 is 0 Å². The molecular weight excluding hydrogens is 594 g/mol. The van der Waals surface area contributed by atoms with Gasteiger partial charge in [0.25, 0.3) is 0 Å². The van der Waals surface area contributed by atoms with Gasteiger partial charge >= 0.3 is 5.97 Å². The van der Waals surface area contributed by atoms with Crippen LogP contribution < -0.4 is 9.47 Å². The van der Waals surface area contributed by atoms with Gasteiger partial charge in [-0.1, -0.05) is 113 Å². The van der Waals surface area contributed by atoms with Gasteiger partial charge in [-0.3, -0.25) is 9.69 Å². The second-order valence-corrected chi connectivity index (χ2v) is 17.7. The Hall–Kier alpha value is -3.31. The first-order chi connectivity index (χ1) is 22.1.